The molecule has 6 heteroatoms. The summed E-state index contributed by atoms with van der Waals surface area (Å²) in [5.74, 6) is -4.14. The van der Waals surface area contributed by atoms with E-state index in [1.807, 2.05) is 0 Å². The summed E-state index contributed by atoms with van der Waals surface area (Å²) in [6, 6.07) is 2.16. The summed E-state index contributed by atoms with van der Waals surface area (Å²) in [6.45, 7) is -0.172. The van der Waals surface area contributed by atoms with E-state index in [-0.39, 0.29) is 12.3 Å². The molecular formula is C11H11F2NO3. The second kappa shape index (κ2) is 3.96. The van der Waals surface area contributed by atoms with Crippen LogP contribution in [0.4, 0.5) is 14.5 Å². The fraction of sp³-hybridized carbons (Fsp3) is 0.364. The SMILES string of the molecule is O=C(O)c1ccc(NC2(CO)CC2)c(F)c1F. The number of hydrogen-bond acceptors (Lipinski definition) is 3. The van der Waals surface area contributed by atoms with Crippen LogP contribution in [0.5, 0.6) is 0 Å². The average molecular weight is 243 g/mol. The lowest BCUT2D eigenvalue weighted by molar-refractivity contribution is 0.0690. The Kier molecular flexibility index (Phi) is 2.74. The lowest BCUT2D eigenvalue weighted by Crippen LogP contribution is -2.26. The van der Waals surface area contributed by atoms with Gasteiger partial charge >= 0.3 is 5.97 Å². The maximum atomic E-state index is 13.5. The molecule has 0 atom stereocenters. The van der Waals surface area contributed by atoms with E-state index in [4.69, 9.17) is 10.2 Å². The van der Waals surface area contributed by atoms with Crippen molar-refractivity contribution in [3.63, 3.8) is 0 Å². The van der Waals surface area contributed by atoms with E-state index in [1.54, 1.807) is 0 Å². The maximum Gasteiger partial charge on any atom is 0.338 e. The van der Waals surface area contributed by atoms with Gasteiger partial charge in [-0.05, 0) is 25.0 Å². The van der Waals surface area contributed by atoms with E-state index in [1.165, 1.54) is 0 Å². The van der Waals surface area contributed by atoms with E-state index in [9.17, 15) is 13.6 Å². The normalized spacial score (nSPS) is 16.6. The predicted molar refractivity (Wildman–Crippen MR) is 56.0 cm³/mol. The van der Waals surface area contributed by atoms with Crippen molar-refractivity contribution in [3.05, 3.63) is 29.3 Å². The molecule has 1 aromatic carbocycles. The third-order valence-electron chi connectivity index (χ3n) is 2.87. The number of hydrogen-bond donors (Lipinski definition) is 3. The van der Waals surface area contributed by atoms with E-state index in [0.29, 0.717) is 12.8 Å². The van der Waals surface area contributed by atoms with Gasteiger partial charge in [-0.25, -0.2) is 13.6 Å². The quantitative estimate of drug-likeness (QED) is 0.751. The van der Waals surface area contributed by atoms with Crippen LogP contribution in [0.25, 0.3) is 0 Å². The minimum Gasteiger partial charge on any atom is -0.478 e. The molecule has 0 amide bonds. The van der Waals surface area contributed by atoms with Gasteiger partial charge in [-0.2, -0.15) is 0 Å². The Balaban J connectivity index is 2.31. The van der Waals surface area contributed by atoms with Gasteiger partial charge in [-0.1, -0.05) is 0 Å². The Morgan fingerprint density at radius 2 is 2.00 bits per heavy atom. The van der Waals surface area contributed by atoms with E-state index < -0.39 is 28.7 Å². The smallest absolute Gasteiger partial charge is 0.338 e. The first kappa shape index (κ1) is 11.8. The molecule has 1 aliphatic carbocycles. The Morgan fingerprint density at radius 1 is 1.35 bits per heavy atom. The van der Waals surface area contributed by atoms with Crippen LogP contribution in [0, 0.1) is 11.6 Å². The summed E-state index contributed by atoms with van der Waals surface area (Å²) >= 11 is 0. The number of nitrogens with one attached hydrogen (secondary N) is 1. The average Bonchev–Trinajstić information content (AvgIpc) is 3.05. The first-order valence-electron chi connectivity index (χ1n) is 5.09. The van der Waals surface area contributed by atoms with Crippen molar-refractivity contribution in [2.75, 3.05) is 11.9 Å². The summed E-state index contributed by atoms with van der Waals surface area (Å²) in [4.78, 5) is 10.6. The topological polar surface area (TPSA) is 69.6 Å². The number of carboxylic acids is 1. The summed E-state index contributed by atoms with van der Waals surface area (Å²) in [7, 11) is 0. The molecule has 3 N–H and O–H groups in total. The van der Waals surface area contributed by atoms with Crippen LogP contribution in [0.1, 0.15) is 23.2 Å². The standard InChI is InChI=1S/C11H11F2NO3/c12-8-6(10(16)17)1-2-7(9(8)13)14-11(5-15)3-4-11/h1-2,14-15H,3-5H2,(H,16,17). The molecule has 1 fully saturated rings. The molecule has 0 radical (unpaired) electrons. The number of anilines is 1. The first-order chi connectivity index (χ1) is 7.99. The van der Waals surface area contributed by atoms with Crippen LogP contribution >= 0.6 is 0 Å². The second-order valence-electron chi connectivity index (χ2n) is 4.16. The van der Waals surface area contributed by atoms with Crippen molar-refractivity contribution in [3.8, 4) is 0 Å². The van der Waals surface area contributed by atoms with Gasteiger partial charge < -0.3 is 15.5 Å². The highest BCUT2D eigenvalue weighted by Crippen LogP contribution is 2.39. The Labute approximate surface area is 95.9 Å². The number of aliphatic hydroxyl groups excluding tert-OH is 1. The molecule has 0 aromatic heterocycles. The van der Waals surface area contributed by atoms with Crippen LogP contribution in [0.15, 0.2) is 12.1 Å². The highest BCUT2D eigenvalue weighted by molar-refractivity contribution is 5.88. The Hall–Kier alpha value is -1.69. The van der Waals surface area contributed by atoms with E-state index in [2.05, 4.69) is 5.32 Å². The number of rotatable bonds is 4. The summed E-state index contributed by atoms with van der Waals surface area (Å²) in [5.41, 5.74) is -1.42. The van der Waals surface area contributed by atoms with Crippen LogP contribution in [0.3, 0.4) is 0 Å². The molecule has 1 aromatic rings. The highest BCUT2D eigenvalue weighted by atomic mass is 19.2. The molecule has 17 heavy (non-hydrogen) atoms. The number of benzene rings is 1. The number of aliphatic hydroxyl groups is 1. The molecule has 0 heterocycles. The van der Waals surface area contributed by atoms with Crippen LogP contribution in [0.2, 0.25) is 0 Å². The van der Waals surface area contributed by atoms with Crippen molar-refractivity contribution in [2.45, 2.75) is 18.4 Å². The van der Waals surface area contributed by atoms with Crippen molar-refractivity contribution >= 4 is 11.7 Å². The van der Waals surface area contributed by atoms with Crippen LogP contribution in [-0.4, -0.2) is 28.3 Å². The summed E-state index contributed by atoms with van der Waals surface area (Å²) in [6.07, 6.45) is 1.34. The van der Waals surface area contributed by atoms with Crippen molar-refractivity contribution < 1.29 is 23.8 Å². The van der Waals surface area contributed by atoms with E-state index in [0.717, 1.165) is 12.1 Å². The van der Waals surface area contributed by atoms with Crippen molar-refractivity contribution in [1.29, 1.82) is 0 Å². The third-order valence-corrected chi connectivity index (χ3v) is 2.87. The monoisotopic (exact) mass is 243 g/mol. The molecule has 0 unspecified atom stereocenters. The minimum absolute atomic E-state index is 0.126. The molecule has 2 rings (SSSR count). The second-order valence-corrected chi connectivity index (χ2v) is 4.16. The highest BCUT2D eigenvalue weighted by Gasteiger charge is 2.42. The van der Waals surface area contributed by atoms with Gasteiger partial charge in [0, 0.05) is 0 Å². The molecular weight excluding hydrogens is 232 g/mol. The number of aromatic carboxylic acids is 1. The zero-order valence-electron chi connectivity index (χ0n) is 8.83. The Bertz CT molecular complexity index is 472. The van der Waals surface area contributed by atoms with Crippen molar-refractivity contribution in [2.24, 2.45) is 0 Å². The van der Waals surface area contributed by atoms with Gasteiger partial charge in [0.25, 0.3) is 0 Å². The molecule has 0 saturated heterocycles. The minimum atomic E-state index is -1.52. The largest absolute Gasteiger partial charge is 0.478 e. The molecule has 1 aliphatic rings. The lowest BCUT2D eigenvalue weighted by atomic mass is 10.1. The van der Waals surface area contributed by atoms with Gasteiger partial charge in [0.2, 0.25) is 0 Å². The molecule has 4 nitrogen and oxygen atoms in total. The Morgan fingerprint density at radius 3 is 2.47 bits per heavy atom. The fourth-order valence-corrected chi connectivity index (χ4v) is 1.57. The molecule has 0 aliphatic heterocycles. The van der Waals surface area contributed by atoms with E-state index >= 15 is 0 Å². The van der Waals surface area contributed by atoms with Gasteiger partial charge in [-0.15, -0.1) is 0 Å². The maximum absolute atomic E-state index is 13.5. The predicted octanol–water partition coefficient (Wildman–Crippen LogP) is 1.60. The molecule has 1 saturated carbocycles. The zero-order chi connectivity index (χ0) is 12.6. The third kappa shape index (κ3) is 2.08. The fourth-order valence-electron chi connectivity index (χ4n) is 1.57. The zero-order valence-corrected chi connectivity index (χ0v) is 8.83. The van der Waals surface area contributed by atoms with Crippen LogP contribution in [-0.2, 0) is 0 Å². The van der Waals surface area contributed by atoms with Gasteiger partial charge in [0.05, 0.1) is 23.4 Å². The van der Waals surface area contributed by atoms with Gasteiger partial charge in [0.15, 0.2) is 11.6 Å². The number of carboxylic acid groups (broad SMARTS) is 1. The van der Waals surface area contributed by atoms with Crippen LogP contribution < -0.4 is 5.32 Å². The number of carbonyl (C=O) groups is 1. The first-order valence-corrected chi connectivity index (χ1v) is 5.09. The molecule has 0 bridgehead atoms. The molecule has 92 valence electrons. The van der Waals surface area contributed by atoms with Gasteiger partial charge in [-0.3, -0.25) is 0 Å². The lowest BCUT2D eigenvalue weighted by Gasteiger charge is -2.16. The number of halogens is 2. The van der Waals surface area contributed by atoms with Crippen molar-refractivity contribution in [1.82, 2.24) is 0 Å². The molecule has 0 spiro atoms. The summed E-state index contributed by atoms with van der Waals surface area (Å²) in [5, 5.41) is 20.3. The van der Waals surface area contributed by atoms with Gasteiger partial charge in [0.1, 0.15) is 0 Å². The summed E-state index contributed by atoms with van der Waals surface area (Å²) < 4.78 is 26.9.